The summed E-state index contributed by atoms with van der Waals surface area (Å²) in [6.07, 6.45) is 5.01. The van der Waals surface area contributed by atoms with E-state index in [2.05, 4.69) is 48.7 Å². The predicted octanol–water partition coefficient (Wildman–Crippen LogP) is 6.20. The summed E-state index contributed by atoms with van der Waals surface area (Å²) < 4.78 is 0. The Morgan fingerprint density at radius 3 is 2.60 bits per heavy atom. The normalized spacial score (nSPS) is 12.1. The summed E-state index contributed by atoms with van der Waals surface area (Å²) in [6, 6.07) is 29.9. The number of aromatic amines is 2. The molecule has 0 aliphatic carbocycles. The fourth-order valence-corrected chi connectivity index (χ4v) is 5.02. The molecule has 2 aromatic carbocycles. The van der Waals surface area contributed by atoms with Gasteiger partial charge < -0.3 is 15.4 Å². The number of hydrogen-bond acceptors (Lipinski definition) is 6. The maximum Gasteiger partial charge on any atom is 0.135 e. The van der Waals surface area contributed by atoms with Crippen LogP contribution in [0.3, 0.4) is 0 Å². The molecule has 5 aromatic heterocycles. The van der Waals surface area contributed by atoms with Crippen LogP contribution in [0.4, 0.5) is 5.69 Å². The van der Waals surface area contributed by atoms with Crippen molar-refractivity contribution >= 4 is 27.6 Å². The molecule has 0 aliphatic rings. The van der Waals surface area contributed by atoms with Gasteiger partial charge in [-0.2, -0.15) is 5.10 Å². The number of fused-ring (bicyclic) bond motifs is 2. The zero-order chi connectivity index (χ0) is 26.9. The Morgan fingerprint density at radius 1 is 0.825 bits per heavy atom. The fraction of sp³-hybridized carbons (Fsp3) is 0.0625. The van der Waals surface area contributed by atoms with Gasteiger partial charge in [0.2, 0.25) is 0 Å². The van der Waals surface area contributed by atoms with E-state index in [4.69, 9.17) is 4.98 Å². The molecular weight excluding hydrogens is 498 g/mol. The van der Waals surface area contributed by atoms with Crippen molar-refractivity contribution in [1.29, 1.82) is 0 Å². The van der Waals surface area contributed by atoms with Crippen LogP contribution in [0.25, 0.3) is 55.8 Å². The highest BCUT2D eigenvalue weighted by molar-refractivity contribution is 6.00. The molecule has 7 rings (SSSR count). The fourth-order valence-electron chi connectivity index (χ4n) is 5.02. The monoisotopic (exact) mass is 523 g/mol. The molecule has 0 fully saturated rings. The number of pyridine rings is 3. The van der Waals surface area contributed by atoms with Gasteiger partial charge in [0.25, 0.3) is 0 Å². The third-order valence-electron chi connectivity index (χ3n) is 6.91. The summed E-state index contributed by atoms with van der Waals surface area (Å²) in [6.45, 7) is 0. The quantitative estimate of drug-likeness (QED) is 0.185. The van der Waals surface area contributed by atoms with Gasteiger partial charge in [0, 0.05) is 40.8 Å². The first-order valence-corrected chi connectivity index (χ1v) is 13.0. The number of anilines is 1. The van der Waals surface area contributed by atoms with Crippen LogP contribution in [0.1, 0.15) is 5.56 Å². The second-order valence-corrected chi connectivity index (χ2v) is 9.64. The maximum atomic E-state index is 10.6. The molecule has 8 nitrogen and oxygen atoms in total. The van der Waals surface area contributed by atoms with Gasteiger partial charge in [0.15, 0.2) is 0 Å². The van der Waals surface area contributed by atoms with Crippen molar-refractivity contribution in [2.75, 3.05) is 5.32 Å². The third kappa shape index (κ3) is 4.57. The Morgan fingerprint density at radius 2 is 1.73 bits per heavy atom. The second kappa shape index (κ2) is 10.1. The van der Waals surface area contributed by atoms with Crippen LogP contribution in [-0.2, 0) is 6.42 Å². The minimum Gasteiger partial charge on any atom is -0.373 e. The molecule has 0 amide bonds. The summed E-state index contributed by atoms with van der Waals surface area (Å²) in [4.78, 5) is 17.4. The lowest BCUT2D eigenvalue weighted by Crippen LogP contribution is -2.21. The van der Waals surface area contributed by atoms with E-state index in [-0.39, 0.29) is 0 Å². The Hall–Kier alpha value is -5.34. The van der Waals surface area contributed by atoms with E-state index in [9.17, 15) is 5.11 Å². The minimum atomic E-state index is -0.742. The van der Waals surface area contributed by atoms with Crippen LogP contribution >= 0.6 is 0 Å². The van der Waals surface area contributed by atoms with E-state index in [0.717, 1.165) is 61.4 Å². The van der Waals surface area contributed by atoms with Crippen molar-refractivity contribution in [3.63, 3.8) is 0 Å². The summed E-state index contributed by atoms with van der Waals surface area (Å²) in [5.74, 6) is 0. The molecule has 7 aromatic rings. The molecule has 0 spiro atoms. The number of hydrogen-bond donors (Lipinski definition) is 4. The molecule has 40 heavy (non-hydrogen) atoms. The average molecular weight is 524 g/mol. The number of nitrogens with zero attached hydrogens (tertiary/aromatic N) is 4. The van der Waals surface area contributed by atoms with E-state index in [1.807, 2.05) is 72.8 Å². The number of H-pyrrole nitrogens is 2. The lowest BCUT2D eigenvalue weighted by Gasteiger charge is -2.14. The molecule has 0 saturated carbocycles. The summed E-state index contributed by atoms with van der Waals surface area (Å²) in [5, 5.41) is 22.5. The van der Waals surface area contributed by atoms with Crippen LogP contribution in [0.2, 0.25) is 0 Å². The number of benzene rings is 2. The van der Waals surface area contributed by atoms with Gasteiger partial charge in [-0.3, -0.25) is 15.1 Å². The van der Waals surface area contributed by atoms with Crippen LogP contribution < -0.4 is 5.32 Å². The van der Waals surface area contributed by atoms with Crippen molar-refractivity contribution < 1.29 is 5.11 Å². The lowest BCUT2D eigenvalue weighted by molar-refractivity contribution is 0.204. The third-order valence-corrected chi connectivity index (χ3v) is 6.91. The number of aromatic nitrogens is 6. The van der Waals surface area contributed by atoms with E-state index >= 15 is 0 Å². The minimum absolute atomic E-state index is 0.486. The summed E-state index contributed by atoms with van der Waals surface area (Å²) >= 11 is 0. The van der Waals surface area contributed by atoms with Crippen molar-refractivity contribution in [3.8, 4) is 33.9 Å². The largest absolute Gasteiger partial charge is 0.373 e. The van der Waals surface area contributed by atoms with E-state index in [1.54, 1.807) is 18.6 Å². The zero-order valence-corrected chi connectivity index (χ0v) is 21.4. The lowest BCUT2D eigenvalue weighted by atomic mass is 10.1. The summed E-state index contributed by atoms with van der Waals surface area (Å²) in [7, 11) is 0. The molecule has 194 valence electrons. The molecule has 1 atom stereocenters. The zero-order valence-electron chi connectivity index (χ0n) is 21.4. The highest BCUT2D eigenvalue weighted by Crippen LogP contribution is 2.33. The average Bonchev–Trinajstić information content (AvgIpc) is 3.62. The first kappa shape index (κ1) is 23.8. The van der Waals surface area contributed by atoms with E-state index in [1.165, 1.54) is 0 Å². The maximum absolute atomic E-state index is 10.6. The smallest absolute Gasteiger partial charge is 0.135 e. The van der Waals surface area contributed by atoms with Crippen LogP contribution in [-0.4, -0.2) is 41.5 Å². The highest BCUT2D eigenvalue weighted by atomic mass is 16.3. The summed E-state index contributed by atoms with van der Waals surface area (Å²) in [5.41, 5.74) is 9.53. The van der Waals surface area contributed by atoms with Crippen molar-refractivity contribution in [2.45, 2.75) is 12.6 Å². The molecule has 4 N–H and O–H groups in total. The SMILES string of the molecule is OC(Cc1ccccc1)Nc1cncc(-c2ccc3[nH]nc(-c4cc5c(-c6ccccn6)cccc5[nH]4)c3n2)c1. The molecular formula is C32H25N7O. The van der Waals surface area contributed by atoms with Gasteiger partial charge in [0.1, 0.15) is 17.4 Å². The predicted molar refractivity (Wildman–Crippen MR) is 157 cm³/mol. The highest BCUT2D eigenvalue weighted by Gasteiger charge is 2.16. The number of aliphatic hydroxyl groups excluding tert-OH is 1. The van der Waals surface area contributed by atoms with Crippen molar-refractivity contribution in [2.24, 2.45) is 0 Å². The van der Waals surface area contributed by atoms with Gasteiger partial charge in [-0.15, -0.1) is 0 Å². The molecule has 0 radical (unpaired) electrons. The number of rotatable bonds is 7. The van der Waals surface area contributed by atoms with Crippen molar-refractivity contribution in [3.05, 3.63) is 115 Å². The Labute approximate surface area is 229 Å². The topological polar surface area (TPSA) is 115 Å². The Balaban J connectivity index is 1.21. The van der Waals surface area contributed by atoms with Crippen LogP contribution in [0.15, 0.2) is 110 Å². The number of nitrogens with one attached hydrogen (secondary N) is 3. The molecule has 0 aliphatic heterocycles. The van der Waals surface area contributed by atoms with Gasteiger partial charge in [-0.25, -0.2) is 4.98 Å². The Kier molecular flexibility index (Phi) is 5.99. The standard InChI is InChI=1S/C32H25N7O/c40-30(15-20-7-2-1-3-8-20)35-22-16-21(18-33-19-22)25-12-13-28-31(37-25)32(39-38-28)29-17-24-23(9-6-11-27(24)36-29)26-10-4-5-14-34-26/h1-14,16-19,30,35-36,40H,15H2,(H,38,39). The van der Waals surface area contributed by atoms with Gasteiger partial charge in [-0.05, 0) is 48.0 Å². The first-order chi connectivity index (χ1) is 19.7. The number of aliphatic hydroxyl groups is 1. The first-order valence-electron chi connectivity index (χ1n) is 13.0. The molecule has 1 unspecified atom stereocenters. The van der Waals surface area contributed by atoms with Gasteiger partial charge in [-0.1, -0.05) is 48.5 Å². The molecule has 0 bridgehead atoms. The van der Waals surface area contributed by atoms with Gasteiger partial charge in [0.05, 0.1) is 34.5 Å². The Bertz CT molecular complexity index is 1930. The van der Waals surface area contributed by atoms with E-state index in [0.29, 0.717) is 12.1 Å². The molecule has 5 heterocycles. The van der Waals surface area contributed by atoms with Crippen molar-refractivity contribution in [1.82, 2.24) is 30.1 Å². The second-order valence-electron chi connectivity index (χ2n) is 9.64. The van der Waals surface area contributed by atoms with Crippen LogP contribution in [0, 0.1) is 0 Å². The molecule has 8 heteroatoms. The van der Waals surface area contributed by atoms with E-state index < -0.39 is 6.23 Å². The molecule has 0 saturated heterocycles. The van der Waals surface area contributed by atoms with Gasteiger partial charge >= 0.3 is 0 Å². The van der Waals surface area contributed by atoms with Crippen LogP contribution in [0.5, 0.6) is 0 Å².